The highest BCUT2D eigenvalue weighted by Crippen LogP contribution is 2.34. The Hall–Kier alpha value is -2.77. The summed E-state index contributed by atoms with van der Waals surface area (Å²) in [5, 5.41) is 2.87. The van der Waals surface area contributed by atoms with Gasteiger partial charge in [-0.2, -0.15) is 0 Å². The number of hydrogen-bond donors (Lipinski definition) is 2. The van der Waals surface area contributed by atoms with Crippen molar-refractivity contribution in [1.82, 2.24) is 0 Å². The molecule has 0 bridgehead atoms. The number of carbonyl (C=O) groups is 2. The maximum Gasteiger partial charge on any atom is 0.229 e. The van der Waals surface area contributed by atoms with Crippen LogP contribution in [-0.2, 0) is 9.59 Å². The van der Waals surface area contributed by atoms with Gasteiger partial charge in [-0.15, -0.1) is 12.4 Å². The Bertz CT molecular complexity index is 858. The summed E-state index contributed by atoms with van der Waals surface area (Å²) in [6.45, 7) is 3.15. The van der Waals surface area contributed by atoms with Crippen LogP contribution < -0.4 is 25.4 Å². The summed E-state index contributed by atoms with van der Waals surface area (Å²) < 4.78 is 10.8. The SMILES string of the molecule is COc1ccc(C)cc1N1CC(C(=O)Nc2ccc(OCCN)cc2)CC1=O.Cl. The van der Waals surface area contributed by atoms with E-state index in [0.29, 0.717) is 42.6 Å². The topological polar surface area (TPSA) is 93.9 Å². The van der Waals surface area contributed by atoms with Crippen molar-refractivity contribution in [2.75, 3.05) is 37.0 Å². The van der Waals surface area contributed by atoms with Crippen LogP contribution in [0.25, 0.3) is 0 Å². The Morgan fingerprint density at radius 3 is 2.62 bits per heavy atom. The van der Waals surface area contributed by atoms with Gasteiger partial charge in [-0.05, 0) is 48.9 Å². The van der Waals surface area contributed by atoms with Crippen molar-refractivity contribution in [3.63, 3.8) is 0 Å². The van der Waals surface area contributed by atoms with Gasteiger partial charge in [0, 0.05) is 25.2 Å². The fourth-order valence-electron chi connectivity index (χ4n) is 3.18. The van der Waals surface area contributed by atoms with Gasteiger partial charge in [-0.25, -0.2) is 0 Å². The van der Waals surface area contributed by atoms with Crippen molar-refractivity contribution in [3.8, 4) is 11.5 Å². The van der Waals surface area contributed by atoms with E-state index in [4.69, 9.17) is 15.2 Å². The van der Waals surface area contributed by atoms with Crippen molar-refractivity contribution in [3.05, 3.63) is 48.0 Å². The van der Waals surface area contributed by atoms with Crippen LogP contribution in [0.15, 0.2) is 42.5 Å². The lowest BCUT2D eigenvalue weighted by Gasteiger charge is -2.20. The van der Waals surface area contributed by atoms with E-state index in [0.717, 1.165) is 5.56 Å². The molecule has 1 aliphatic rings. The van der Waals surface area contributed by atoms with Crippen LogP contribution in [0.4, 0.5) is 11.4 Å². The molecule has 1 atom stereocenters. The quantitative estimate of drug-likeness (QED) is 0.719. The van der Waals surface area contributed by atoms with Crippen molar-refractivity contribution in [2.24, 2.45) is 11.7 Å². The van der Waals surface area contributed by atoms with E-state index in [9.17, 15) is 9.59 Å². The lowest BCUT2D eigenvalue weighted by molar-refractivity contribution is -0.122. The van der Waals surface area contributed by atoms with Crippen molar-refractivity contribution in [2.45, 2.75) is 13.3 Å². The van der Waals surface area contributed by atoms with Crippen LogP contribution >= 0.6 is 12.4 Å². The molecule has 0 spiro atoms. The number of nitrogens with two attached hydrogens (primary N) is 1. The molecule has 1 fully saturated rings. The second kappa shape index (κ2) is 10.1. The monoisotopic (exact) mass is 419 g/mol. The maximum absolute atomic E-state index is 12.6. The molecule has 1 heterocycles. The average molecular weight is 420 g/mol. The molecule has 3 N–H and O–H groups in total. The van der Waals surface area contributed by atoms with E-state index < -0.39 is 5.92 Å². The van der Waals surface area contributed by atoms with Crippen LogP contribution in [0.3, 0.4) is 0 Å². The van der Waals surface area contributed by atoms with Gasteiger partial charge < -0.3 is 25.4 Å². The first-order valence-corrected chi connectivity index (χ1v) is 9.20. The summed E-state index contributed by atoms with van der Waals surface area (Å²) >= 11 is 0. The summed E-state index contributed by atoms with van der Waals surface area (Å²) in [5.41, 5.74) is 7.79. The normalized spacial score (nSPS) is 15.6. The first-order chi connectivity index (χ1) is 13.5. The van der Waals surface area contributed by atoms with E-state index in [2.05, 4.69) is 5.32 Å². The minimum Gasteiger partial charge on any atom is -0.495 e. The van der Waals surface area contributed by atoms with Gasteiger partial charge in [-0.1, -0.05) is 6.07 Å². The number of nitrogens with zero attached hydrogens (tertiary/aromatic N) is 1. The number of amides is 2. The van der Waals surface area contributed by atoms with Crippen LogP contribution in [0, 0.1) is 12.8 Å². The Kier molecular flexibility index (Phi) is 7.87. The summed E-state index contributed by atoms with van der Waals surface area (Å²) in [4.78, 5) is 26.8. The molecule has 3 rings (SSSR count). The highest BCUT2D eigenvalue weighted by Gasteiger charge is 2.36. The van der Waals surface area contributed by atoms with Crippen LogP contribution in [-0.4, -0.2) is 38.6 Å². The predicted octanol–water partition coefficient (Wildman–Crippen LogP) is 2.75. The fraction of sp³-hybridized carbons (Fsp3) is 0.333. The van der Waals surface area contributed by atoms with Crippen LogP contribution in [0.1, 0.15) is 12.0 Å². The van der Waals surface area contributed by atoms with Gasteiger partial charge in [-0.3, -0.25) is 9.59 Å². The van der Waals surface area contributed by atoms with Gasteiger partial charge in [0.05, 0.1) is 18.7 Å². The van der Waals surface area contributed by atoms with Gasteiger partial charge in [0.15, 0.2) is 0 Å². The minimum atomic E-state index is -0.425. The molecular weight excluding hydrogens is 394 g/mol. The van der Waals surface area contributed by atoms with E-state index in [1.807, 2.05) is 25.1 Å². The smallest absolute Gasteiger partial charge is 0.229 e. The summed E-state index contributed by atoms with van der Waals surface area (Å²) in [6, 6.07) is 12.7. The standard InChI is InChI=1S/C21H25N3O4.ClH/c1-14-3-8-19(27-2)18(11-14)24-13-15(12-20(24)25)21(26)23-16-4-6-17(7-5-16)28-10-9-22;/h3-8,11,15H,9-10,12-13,22H2,1-2H3,(H,23,26);1H. The Labute approximate surface area is 176 Å². The van der Waals surface area contributed by atoms with Crippen molar-refractivity contribution < 1.29 is 19.1 Å². The zero-order chi connectivity index (χ0) is 20.1. The first kappa shape index (κ1) is 22.5. The second-order valence-electron chi connectivity index (χ2n) is 6.73. The van der Waals surface area contributed by atoms with Crippen LogP contribution in [0.5, 0.6) is 11.5 Å². The van der Waals surface area contributed by atoms with Crippen molar-refractivity contribution in [1.29, 1.82) is 0 Å². The molecule has 1 unspecified atom stereocenters. The molecule has 0 saturated carbocycles. The molecule has 1 aliphatic heterocycles. The largest absolute Gasteiger partial charge is 0.495 e. The molecular formula is C21H26ClN3O4. The fourth-order valence-corrected chi connectivity index (χ4v) is 3.18. The number of nitrogens with one attached hydrogen (secondary N) is 1. The molecule has 7 nitrogen and oxygen atoms in total. The molecule has 0 radical (unpaired) electrons. The third-order valence-electron chi connectivity index (χ3n) is 4.63. The average Bonchev–Trinajstić information content (AvgIpc) is 3.09. The number of rotatable bonds is 7. The Morgan fingerprint density at radius 1 is 1.24 bits per heavy atom. The molecule has 8 heteroatoms. The number of anilines is 2. The molecule has 156 valence electrons. The Balaban J connectivity index is 0.00000300. The number of carbonyl (C=O) groups excluding carboxylic acids is 2. The van der Waals surface area contributed by atoms with E-state index in [-0.39, 0.29) is 30.6 Å². The number of aryl methyl sites for hydroxylation is 1. The van der Waals surface area contributed by atoms with E-state index >= 15 is 0 Å². The second-order valence-corrected chi connectivity index (χ2v) is 6.73. The summed E-state index contributed by atoms with van der Waals surface area (Å²) in [5.74, 6) is 0.615. The molecule has 2 aromatic carbocycles. The van der Waals surface area contributed by atoms with Gasteiger partial charge in [0.2, 0.25) is 11.8 Å². The highest BCUT2D eigenvalue weighted by molar-refractivity contribution is 6.04. The molecule has 29 heavy (non-hydrogen) atoms. The third-order valence-corrected chi connectivity index (χ3v) is 4.63. The molecule has 1 saturated heterocycles. The predicted molar refractivity (Wildman–Crippen MR) is 115 cm³/mol. The zero-order valence-electron chi connectivity index (χ0n) is 16.5. The number of ether oxygens (including phenoxy) is 2. The minimum absolute atomic E-state index is 0. The Morgan fingerprint density at radius 2 is 1.97 bits per heavy atom. The molecule has 0 aromatic heterocycles. The summed E-state index contributed by atoms with van der Waals surface area (Å²) in [6.07, 6.45) is 0.167. The zero-order valence-corrected chi connectivity index (χ0v) is 17.3. The van der Waals surface area contributed by atoms with E-state index in [1.165, 1.54) is 0 Å². The number of hydrogen-bond acceptors (Lipinski definition) is 5. The molecule has 2 amide bonds. The van der Waals surface area contributed by atoms with Gasteiger partial charge in [0.1, 0.15) is 18.1 Å². The van der Waals surface area contributed by atoms with Gasteiger partial charge >= 0.3 is 0 Å². The maximum atomic E-state index is 12.6. The molecule has 0 aliphatic carbocycles. The van der Waals surface area contributed by atoms with E-state index in [1.54, 1.807) is 36.3 Å². The van der Waals surface area contributed by atoms with Crippen molar-refractivity contribution >= 4 is 35.6 Å². The summed E-state index contributed by atoms with van der Waals surface area (Å²) in [7, 11) is 1.57. The first-order valence-electron chi connectivity index (χ1n) is 9.20. The van der Waals surface area contributed by atoms with Gasteiger partial charge in [0.25, 0.3) is 0 Å². The number of methoxy groups -OCH3 is 1. The number of halogens is 1. The number of benzene rings is 2. The van der Waals surface area contributed by atoms with Crippen LogP contribution in [0.2, 0.25) is 0 Å². The highest BCUT2D eigenvalue weighted by atomic mass is 35.5. The third kappa shape index (κ3) is 5.40. The molecule has 2 aromatic rings. The lowest BCUT2D eigenvalue weighted by Crippen LogP contribution is -2.28. The lowest BCUT2D eigenvalue weighted by atomic mass is 10.1.